The summed E-state index contributed by atoms with van der Waals surface area (Å²) in [5.41, 5.74) is 9.11. The summed E-state index contributed by atoms with van der Waals surface area (Å²) in [5.74, 6) is 1.12. The summed E-state index contributed by atoms with van der Waals surface area (Å²) >= 11 is 0. The first-order valence-electron chi connectivity index (χ1n) is 10.7. The summed E-state index contributed by atoms with van der Waals surface area (Å²) in [4.78, 5) is 23.1. The summed E-state index contributed by atoms with van der Waals surface area (Å²) in [6.45, 7) is 3.60. The first-order valence-corrected chi connectivity index (χ1v) is 10.7. The van der Waals surface area contributed by atoms with Crippen LogP contribution in [-0.2, 0) is 11.3 Å². The summed E-state index contributed by atoms with van der Waals surface area (Å²) in [5, 5.41) is 3.40. The van der Waals surface area contributed by atoms with Gasteiger partial charge in [0.1, 0.15) is 18.1 Å². The van der Waals surface area contributed by atoms with Crippen LogP contribution in [0.25, 0.3) is 0 Å². The Hall–Kier alpha value is -2.93. The number of carbonyl (C=O) groups is 1. The second-order valence-corrected chi connectivity index (χ2v) is 7.97. The van der Waals surface area contributed by atoms with E-state index in [2.05, 4.69) is 10.3 Å². The first-order chi connectivity index (χ1) is 14.7. The molecule has 3 N–H and O–H groups in total. The predicted octanol–water partition coefficient (Wildman–Crippen LogP) is 3.49. The molecule has 2 saturated heterocycles. The van der Waals surface area contributed by atoms with Crippen LogP contribution in [0.1, 0.15) is 36.3 Å². The highest BCUT2D eigenvalue weighted by Gasteiger charge is 2.27. The number of hydrogen-bond donors (Lipinski definition) is 2. The number of benzene rings is 1. The van der Waals surface area contributed by atoms with Crippen LogP contribution in [0, 0.1) is 5.92 Å². The lowest BCUT2D eigenvalue weighted by Crippen LogP contribution is -2.29. The maximum Gasteiger partial charge on any atom is 0.410 e. The van der Waals surface area contributed by atoms with E-state index in [0.29, 0.717) is 31.4 Å². The Morgan fingerprint density at radius 3 is 2.83 bits per heavy atom. The Labute approximate surface area is 177 Å². The number of ether oxygens (including phenoxy) is 1. The molecule has 0 aliphatic carbocycles. The summed E-state index contributed by atoms with van der Waals surface area (Å²) in [7, 11) is 0. The van der Waals surface area contributed by atoms with E-state index in [-0.39, 0.29) is 12.0 Å². The maximum atomic E-state index is 12.4. The van der Waals surface area contributed by atoms with Crippen molar-refractivity contribution < 1.29 is 9.53 Å². The molecule has 1 aromatic heterocycles. The Kier molecular flexibility index (Phi) is 6.59. The van der Waals surface area contributed by atoms with E-state index in [1.54, 1.807) is 11.1 Å². The molecule has 0 radical (unpaired) electrons. The van der Waals surface area contributed by atoms with E-state index < -0.39 is 0 Å². The highest BCUT2D eigenvalue weighted by Crippen LogP contribution is 2.35. The van der Waals surface area contributed by atoms with Gasteiger partial charge in [-0.3, -0.25) is 4.99 Å². The fourth-order valence-electron chi connectivity index (χ4n) is 4.15. The minimum atomic E-state index is -0.272. The smallest absolute Gasteiger partial charge is 0.410 e. The second-order valence-electron chi connectivity index (χ2n) is 7.97. The largest absolute Gasteiger partial charge is 0.445 e. The minimum Gasteiger partial charge on any atom is -0.445 e. The lowest BCUT2D eigenvalue weighted by atomic mass is 9.89. The molecule has 7 heteroatoms. The van der Waals surface area contributed by atoms with Crippen molar-refractivity contribution in [3.05, 3.63) is 53.7 Å². The number of anilines is 1. The van der Waals surface area contributed by atoms with Crippen LogP contribution in [0.3, 0.4) is 0 Å². The van der Waals surface area contributed by atoms with Crippen LogP contribution in [0.5, 0.6) is 0 Å². The predicted molar refractivity (Wildman–Crippen MR) is 118 cm³/mol. The van der Waals surface area contributed by atoms with Crippen LogP contribution < -0.4 is 11.1 Å². The summed E-state index contributed by atoms with van der Waals surface area (Å²) < 4.78 is 5.45. The third-order valence-electron chi connectivity index (χ3n) is 5.87. The average molecular weight is 408 g/mol. The van der Waals surface area contributed by atoms with Gasteiger partial charge in [0.2, 0.25) is 0 Å². The topological polar surface area (TPSA) is 92.8 Å². The van der Waals surface area contributed by atoms with Crippen molar-refractivity contribution in [2.75, 3.05) is 31.9 Å². The molecule has 1 amide bonds. The van der Waals surface area contributed by atoms with E-state index in [0.717, 1.165) is 43.6 Å². The monoisotopic (exact) mass is 407 g/mol. The van der Waals surface area contributed by atoms with E-state index in [4.69, 9.17) is 15.5 Å². The van der Waals surface area contributed by atoms with Gasteiger partial charge < -0.3 is 20.7 Å². The zero-order valence-corrected chi connectivity index (χ0v) is 17.2. The van der Waals surface area contributed by atoms with E-state index in [1.165, 1.54) is 5.56 Å². The molecule has 1 aromatic carbocycles. The van der Waals surface area contributed by atoms with Crippen LogP contribution >= 0.6 is 0 Å². The molecule has 2 aliphatic heterocycles. The van der Waals surface area contributed by atoms with Crippen molar-refractivity contribution in [2.45, 2.75) is 31.8 Å². The molecular formula is C23H29N5O2. The molecule has 2 fully saturated rings. The summed E-state index contributed by atoms with van der Waals surface area (Å²) in [6, 6.07) is 11.8. The van der Waals surface area contributed by atoms with Gasteiger partial charge in [-0.1, -0.05) is 30.3 Å². The number of rotatable bonds is 5. The van der Waals surface area contributed by atoms with E-state index in [9.17, 15) is 4.79 Å². The fourth-order valence-corrected chi connectivity index (χ4v) is 4.15. The molecule has 7 nitrogen and oxygen atoms in total. The van der Waals surface area contributed by atoms with E-state index in [1.807, 2.05) is 42.6 Å². The van der Waals surface area contributed by atoms with Gasteiger partial charge in [-0.25, -0.2) is 9.78 Å². The van der Waals surface area contributed by atoms with Gasteiger partial charge in [0.05, 0.1) is 0 Å². The van der Waals surface area contributed by atoms with Gasteiger partial charge in [-0.05, 0) is 55.5 Å². The summed E-state index contributed by atoms with van der Waals surface area (Å²) in [6.07, 6.45) is 6.46. The number of nitrogens with two attached hydrogens (primary N) is 1. The van der Waals surface area contributed by atoms with Crippen LogP contribution in [0.15, 0.2) is 47.6 Å². The molecule has 2 aliphatic rings. The molecule has 1 atom stereocenters. The number of nitrogen functional groups attached to an aromatic ring is 1. The van der Waals surface area contributed by atoms with Crippen molar-refractivity contribution in [2.24, 2.45) is 10.9 Å². The van der Waals surface area contributed by atoms with Gasteiger partial charge in [-0.15, -0.1) is 0 Å². The number of amides is 1. The molecule has 0 saturated carbocycles. The molecule has 3 heterocycles. The molecule has 4 rings (SSSR count). The zero-order valence-electron chi connectivity index (χ0n) is 17.2. The molecule has 1 unspecified atom stereocenters. The second kappa shape index (κ2) is 9.71. The lowest BCUT2D eigenvalue weighted by Gasteiger charge is -2.24. The minimum absolute atomic E-state index is 0.190. The van der Waals surface area contributed by atoms with Crippen molar-refractivity contribution in [3.8, 4) is 0 Å². The molecule has 0 spiro atoms. The first kappa shape index (κ1) is 20.3. The quantitative estimate of drug-likeness (QED) is 0.740. The Morgan fingerprint density at radius 2 is 2.03 bits per heavy atom. The van der Waals surface area contributed by atoms with Gasteiger partial charge in [0.25, 0.3) is 0 Å². The Balaban J connectivity index is 1.36. The number of aromatic nitrogens is 1. The van der Waals surface area contributed by atoms with Crippen LogP contribution in [0.4, 0.5) is 16.3 Å². The number of nitrogens with zero attached hydrogens (tertiary/aromatic N) is 3. The normalized spacial score (nSPS) is 20.0. The standard InChI is InChI=1S/C23H29N5O2/c24-22-21(20(8-12-26-22)19-6-10-25-11-7-19)27-14-18-9-13-28(15-18)23(29)30-16-17-4-2-1-3-5-17/h1-5,8,12,14,18-19,25H,6-7,9-11,13,15-16H2,(H2,24,26). The van der Waals surface area contributed by atoms with Gasteiger partial charge in [-0.2, -0.15) is 0 Å². The number of likely N-dealkylation sites (tertiary alicyclic amines) is 1. The van der Waals surface area contributed by atoms with Crippen LogP contribution in [-0.4, -0.2) is 48.4 Å². The molecule has 158 valence electrons. The average Bonchev–Trinajstić information content (AvgIpc) is 3.27. The number of pyridine rings is 1. The van der Waals surface area contributed by atoms with Gasteiger partial charge in [0, 0.05) is 31.4 Å². The number of aliphatic imine (C=N–C) groups is 1. The van der Waals surface area contributed by atoms with E-state index >= 15 is 0 Å². The molecule has 30 heavy (non-hydrogen) atoms. The Bertz CT molecular complexity index is 880. The SMILES string of the molecule is Nc1nccc(C2CCNCC2)c1N=CC1CCN(C(=O)OCc2ccccc2)C1. The highest BCUT2D eigenvalue weighted by molar-refractivity contribution is 5.75. The van der Waals surface area contributed by atoms with Crippen molar-refractivity contribution in [1.82, 2.24) is 15.2 Å². The molecule has 0 bridgehead atoms. The van der Waals surface area contributed by atoms with Gasteiger partial charge >= 0.3 is 6.09 Å². The highest BCUT2D eigenvalue weighted by atomic mass is 16.6. The fraction of sp³-hybridized carbons (Fsp3) is 0.435. The number of hydrogen-bond acceptors (Lipinski definition) is 6. The lowest BCUT2D eigenvalue weighted by molar-refractivity contribution is 0.104. The Morgan fingerprint density at radius 1 is 1.23 bits per heavy atom. The number of piperidine rings is 1. The number of carbonyl (C=O) groups excluding carboxylic acids is 1. The molecular weight excluding hydrogens is 378 g/mol. The van der Waals surface area contributed by atoms with Gasteiger partial charge in [0.15, 0.2) is 0 Å². The zero-order chi connectivity index (χ0) is 20.8. The molecule has 2 aromatic rings. The number of nitrogens with one attached hydrogen (secondary N) is 1. The van der Waals surface area contributed by atoms with Crippen molar-refractivity contribution in [1.29, 1.82) is 0 Å². The van der Waals surface area contributed by atoms with Crippen molar-refractivity contribution >= 4 is 23.8 Å². The third-order valence-corrected chi connectivity index (χ3v) is 5.87. The van der Waals surface area contributed by atoms with Crippen LogP contribution in [0.2, 0.25) is 0 Å². The third kappa shape index (κ3) is 4.97. The van der Waals surface area contributed by atoms with Crippen molar-refractivity contribution in [3.63, 3.8) is 0 Å². The maximum absolute atomic E-state index is 12.4.